The number of fused-ring (bicyclic) bond motifs is 1. The lowest BCUT2D eigenvalue weighted by Gasteiger charge is -2.14. The molecule has 4 aromatic rings. The van der Waals surface area contributed by atoms with Gasteiger partial charge in [0.15, 0.2) is 0 Å². The number of nitrogens with zero attached hydrogens (tertiary/aromatic N) is 1. The molecule has 1 amide bonds. The standard InChI is InChI=1S/C24H17Br2ClN2O/c1-13-9-19(26)20(27)12-21(13)29-24(30)18-11-22(15-6-4-3-5-7-15)28-23-14(2)8-16(25)10-17(18)23/h3-12H,1-2H3,(H,29,30). The molecule has 4 rings (SSSR count). The molecule has 3 nitrogen and oxygen atoms in total. The van der Waals surface area contributed by atoms with Gasteiger partial charge in [-0.2, -0.15) is 0 Å². The van der Waals surface area contributed by atoms with Crippen molar-refractivity contribution in [3.05, 3.63) is 91.3 Å². The minimum absolute atomic E-state index is 0.210. The van der Waals surface area contributed by atoms with Gasteiger partial charge in [-0.15, -0.1) is 0 Å². The second-order valence-corrected chi connectivity index (χ2v) is 9.25. The highest BCUT2D eigenvalue weighted by molar-refractivity contribution is 9.10. The topological polar surface area (TPSA) is 42.0 Å². The van der Waals surface area contributed by atoms with Crippen molar-refractivity contribution in [3.8, 4) is 11.3 Å². The summed E-state index contributed by atoms with van der Waals surface area (Å²) in [6, 6.07) is 19.3. The first kappa shape index (κ1) is 21.0. The van der Waals surface area contributed by atoms with E-state index in [-0.39, 0.29) is 5.91 Å². The van der Waals surface area contributed by atoms with Crippen LogP contribution in [0.25, 0.3) is 22.2 Å². The van der Waals surface area contributed by atoms with Gasteiger partial charge in [-0.25, -0.2) is 4.98 Å². The number of halogens is 3. The maximum atomic E-state index is 13.4. The lowest BCUT2D eigenvalue weighted by molar-refractivity contribution is 0.102. The van der Waals surface area contributed by atoms with Crippen LogP contribution in [0.1, 0.15) is 21.5 Å². The van der Waals surface area contributed by atoms with Crippen molar-refractivity contribution in [1.29, 1.82) is 0 Å². The molecule has 0 aliphatic carbocycles. The zero-order valence-corrected chi connectivity index (χ0v) is 20.2. The van der Waals surface area contributed by atoms with E-state index in [2.05, 4.69) is 37.2 Å². The van der Waals surface area contributed by atoms with Gasteiger partial charge < -0.3 is 5.32 Å². The minimum Gasteiger partial charge on any atom is -0.322 e. The van der Waals surface area contributed by atoms with Gasteiger partial charge in [-0.05, 0) is 71.2 Å². The Balaban J connectivity index is 1.88. The largest absolute Gasteiger partial charge is 0.322 e. The number of rotatable bonds is 3. The summed E-state index contributed by atoms with van der Waals surface area (Å²) in [6.07, 6.45) is 0. The predicted octanol–water partition coefficient (Wildman–Crippen LogP) is 7.95. The molecule has 1 aromatic heterocycles. The molecule has 0 saturated carbocycles. The summed E-state index contributed by atoms with van der Waals surface area (Å²) >= 11 is 13.2. The number of aromatic nitrogens is 1. The van der Waals surface area contributed by atoms with Crippen LogP contribution >= 0.6 is 43.5 Å². The van der Waals surface area contributed by atoms with Crippen molar-refractivity contribution < 1.29 is 4.79 Å². The Labute approximate surface area is 196 Å². The number of carbonyl (C=O) groups is 1. The Hall–Kier alpha value is -2.21. The zero-order chi connectivity index (χ0) is 21.4. The lowest BCUT2D eigenvalue weighted by Crippen LogP contribution is -2.14. The number of pyridine rings is 1. The second kappa shape index (κ2) is 8.50. The zero-order valence-electron chi connectivity index (χ0n) is 16.3. The summed E-state index contributed by atoms with van der Waals surface area (Å²) in [5, 5.41) is 4.35. The van der Waals surface area contributed by atoms with E-state index in [1.165, 1.54) is 0 Å². The number of amides is 1. The fourth-order valence-corrected chi connectivity index (χ4v) is 4.57. The highest BCUT2D eigenvalue weighted by Crippen LogP contribution is 2.32. The molecule has 0 aliphatic rings. The van der Waals surface area contributed by atoms with Crippen LogP contribution in [0.15, 0.2) is 69.6 Å². The number of carbonyl (C=O) groups excluding carboxylic acids is 1. The fourth-order valence-electron chi connectivity index (χ4n) is 3.37. The van der Waals surface area contributed by atoms with E-state index in [1.807, 2.05) is 68.4 Å². The quantitative estimate of drug-likeness (QED) is 0.284. The van der Waals surface area contributed by atoms with E-state index in [1.54, 1.807) is 6.07 Å². The molecule has 30 heavy (non-hydrogen) atoms. The van der Waals surface area contributed by atoms with E-state index in [0.717, 1.165) is 42.2 Å². The first-order chi connectivity index (χ1) is 14.3. The molecule has 6 heteroatoms. The monoisotopic (exact) mass is 542 g/mol. The van der Waals surface area contributed by atoms with E-state index in [9.17, 15) is 4.79 Å². The van der Waals surface area contributed by atoms with Crippen molar-refractivity contribution >= 4 is 66.0 Å². The van der Waals surface area contributed by atoms with Gasteiger partial charge >= 0.3 is 0 Å². The first-order valence-corrected chi connectivity index (χ1v) is 11.2. The molecular formula is C24H17Br2ClN2O. The van der Waals surface area contributed by atoms with Crippen molar-refractivity contribution in [2.24, 2.45) is 0 Å². The normalized spacial score (nSPS) is 11.0. The number of aryl methyl sites for hydroxylation is 2. The maximum absolute atomic E-state index is 13.4. The average molecular weight is 545 g/mol. The van der Waals surface area contributed by atoms with Gasteiger partial charge in [-0.3, -0.25) is 4.79 Å². The Morgan fingerprint density at radius 3 is 2.43 bits per heavy atom. The highest BCUT2D eigenvalue weighted by atomic mass is 79.9. The van der Waals surface area contributed by atoms with Gasteiger partial charge in [0, 0.05) is 25.6 Å². The molecule has 0 spiro atoms. The van der Waals surface area contributed by atoms with Crippen LogP contribution in [0.3, 0.4) is 0 Å². The summed E-state index contributed by atoms with van der Waals surface area (Å²) in [6.45, 7) is 3.92. The Morgan fingerprint density at radius 2 is 1.70 bits per heavy atom. The molecule has 0 fully saturated rings. The lowest BCUT2D eigenvalue weighted by atomic mass is 10.0. The molecule has 3 aromatic carbocycles. The van der Waals surface area contributed by atoms with E-state index >= 15 is 0 Å². The second-order valence-electron chi connectivity index (χ2n) is 7.08. The van der Waals surface area contributed by atoms with Gasteiger partial charge in [0.05, 0.1) is 21.8 Å². The molecule has 0 bridgehead atoms. The van der Waals surface area contributed by atoms with Crippen LogP contribution in [0.4, 0.5) is 5.69 Å². The molecule has 1 heterocycles. The van der Waals surface area contributed by atoms with Gasteiger partial charge in [0.2, 0.25) is 0 Å². The highest BCUT2D eigenvalue weighted by Gasteiger charge is 2.17. The summed E-state index contributed by atoms with van der Waals surface area (Å²) in [5.74, 6) is -0.210. The summed E-state index contributed by atoms with van der Waals surface area (Å²) in [7, 11) is 0. The van der Waals surface area contributed by atoms with Crippen molar-refractivity contribution in [2.75, 3.05) is 5.32 Å². The Bertz CT molecular complexity index is 1290. The van der Waals surface area contributed by atoms with E-state index in [0.29, 0.717) is 16.3 Å². The van der Waals surface area contributed by atoms with Gasteiger partial charge in [0.1, 0.15) is 0 Å². The molecule has 0 saturated heterocycles. The molecule has 0 aliphatic heterocycles. The summed E-state index contributed by atoms with van der Waals surface area (Å²) in [5.41, 5.74) is 5.65. The van der Waals surface area contributed by atoms with Crippen LogP contribution in [-0.2, 0) is 0 Å². The van der Waals surface area contributed by atoms with Crippen LogP contribution in [-0.4, -0.2) is 10.9 Å². The number of nitrogens with one attached hydrogen (secondary N) is 1. The van der Waals surface area contributed by atoms with Crippen molar-refractivity contribution in [3.63, 3.8) is 0 Å². The van der Waals surface area contributed by atoms with Gasteiger partial charge in [0.25, 0.3) is 5.91 Å². The fraction of sp³-hybridized carbons (Fsp3) is 0.0833. The number of hydrogen-bond acceptors (Lipinski definition) is 2. The smallest absolute Gasteiger partial charge is 0.256 e. The SMILES string of the molecule is Cc1cc(Br)c(Cl)cc1NC(=O)c1cc(-c2ccccc2)nc2c(C)cc(Br)cc12. The van der Waals surface area contributed by atoms with Crippen LogP contribution in [0.2, 0.25) is 5.02 Å². The molecule has 0 unspecified atom stereocenters. The van der Waals surface area contributed by atoms with Crippen LogP contribution in [0, 0.1) is 13.8 Å². The molecule has 150 valence electrons. The van der Waals surface area contributed by atoms with Gasteiger partial charge in [-0.1, -0.05) is 57.9 Å². The van der Waals surface area contributed by atoms with Crippen molar-refractivity contribution in [2.45, 2.75) is 13.8 Å². The maximum Gasteiger partial charge on any atom is 0.256 e. The van der Waals surface area contributed by atoms with Crippen LogP contribution in [0.5, 0.6) is 0 Å². The molecule has 0 radical (unpaired) electrons. The van der Waals surface area contributed by atoms with E-state index < -0.39 is 0 Å². The number of hydrogen-bond donors (Lipinski definition) is 1. The van der Waals surface area contributed by atoms with E-state index in [4.69, 9.17) is 16.6 Å². The first-order valence-electron chi connectivity index (χ1n) is 9.27. The summed E-state index contributed by atoms with van der Waals surface area (Å²) in [4.78, 5) is 18.2. The summed E-state index contributed by atoms with van der Waals surface area (Å²) < 4.78 is 1.69. The van der Waals surface area contributed by atoms with Crippen molar-refractivity contribution in [1.82, 2.24) is 4.98 Å². The Morgan fingerprint density at radius 1 is 0.967 bits per heavy atom. The third-order valence-electron chi connectivity index (χ3n) is 4.90. The average Bonchev–Trinajstić information content (AvgIpc) is 2.72. The predicted molar refractivity (Wildman–Crippen MR) is 131 cm³/mol. The molecular weight excluding hydrogens is 528 g/mol. The molecule has 1 N–H and O–H groups in total. The number of benzene rings is 3. The third kappa shape index (κ3) is 4.15. The number of anilines is 1. The van der Waals surface area contributed by atoms with Crippen LogP contribution < -0.4 is 5.32 Å². The molecule has 0 atom stereocenters. The third-order valence-corrected chi connectivity index (χ3v) is 6.55. The Kier molecular flexibility index (Phi) is 5.96. The minimum atomic E-state index is -0.210.